The van der Waals surface area contributed by atoms with Crippen LogP contribution >= 0.6 is 23.7 Å². The minimum absolute atomic E-state index is 0. The van der Waals surface area contributed by atoms with Crippen LogP contribution < -0.4 is 4.90 Å². The van der Waals surface area contributed by atoms with Gasteiger partial charge in [-0.15, -0.1) is 12.4 Å². The fourth-order valence-corrected chi connectivity index (χ4v) is 5.77. The number of nitrogens with zero attached hydrogens (tertiary/aromatic N) is 3. The highest BCUT2D eigenvalue weighted by Gasteiger charge is 2.30. The lowest BCUT2D eigenvalue weighted by Crippen LogP contribution is -2.40. The van der Waals surface area contributed by atoms with Crippen LogP contribution in [0.1, 0.15) is 17.0 Å². The van der Waals surface area contributed by atoms with E-state index in [4.69, 9.17) is 0 Å². The van der Waals surface area contributed by atoms with Crippen molar-refractivity contribution in [1.82, 2.24) is 9.88 Å². The molecule has 184 valence electrons. The SMILES string of the molecule is CN(C)CCN(C(=O)C(c1ccccc1)c1ccccc1)c1nc2c(S(C)(=O)=O)cccc2s1.Cl. The van der Waals surface area contributed by atoms with E-state index in [0.717, 1.165) is 15.8 Å². The van der Waals surface area contributed by atoms with Gasteiger partial charge < -0.3 is 4.90 Å². The molecule has 6 nitrogen and oxygen atoms in total. The Hall–Kier alpha value is -2.78. The third-order valence-electron chi connectivity index (χ3n) is 5.55. The number of carbonyl (C=O) groups excluding carboxylic acids is 1. The zero-order valence-electron chi connectivity index (χ0n) is 19.8. The van der Waals surface area contributed by atoms with E-state index in [2.05, 4.69) is 4.98 Å². The minimum Gasteiger partial charge on any atom is -0.308 e. The lowest BCUT2D eigenvalue weighted by Gasteiger charge is -2.27. The van der Waals surface area contributed by atoms with Crippen molar-refractivity contribution in [2.24, 2.45) is 0 Å². The number of sulfone groups is 1. The third-order valence-corrected chi connectivity index (χ3v) is 7.72. The maximum Gasteiger partial charge on any atom is 0.240 e. The van der Waals surface area contributed by atoms with Gasteiger partial charge in [0.15, 0.2) is 15.0 Å². The highest BCUT2D eigenvalue weighted by atomic mass is 35.5. The van der Waals surface area contributed by atoms with Crippen LogP contribution in [0.5, 0.6) is 0 Å². The van der Waals surface area contributed by atoms with Crippen molar-refractivity contribution in [2.75, 3.05) is 38.3 Å². The van der Waals surface area contributed by atoms with Gasteiger partial charge in [-0.1, -0.05) is 78.1 Å². The zero-order valence-corrected chi connectivity index (χ0v) is 22.2. The molecule has 0 unspecified atom stereocenters. The van der Waals surface area contributed by atoms with Gasteiger partial charge in [0.1, 0.15) is 5.52 Å². The summed E-state index contributed by atoms with van der Waals surface area (Å²) in [5, 5.41) is 0.495. The van der Waals surface area contributed by atoms with E-state index >= 15 is 0 Å². The van der Waals surface area contributed by atoms with Crippen LogP contribution in [0.4, 0.5) is 5.13 Å². The Morgan fingerprint density at radius 2 is 1.46 bits per heavy atom. The smallest absolute Gasteiger partial charge is 0.240 e. The lowest BCUT2D eigenvalue weighted by molar-refractivity contribution is -0.119. The molecule has 0 fully saturated rings. The number of anilines is 1. The molecule has 0 aliphatic rings. The second-order valence-corrected chi connectivity index (χ2v) is 11.4. The first-order valence-electron chi connectivity index (χ1n) is 10.9. The van der Waals surface area contributed by atoms with E-state index in [9.17, 15) is 13.2 Å². The Morgan fingerprint density at radius 3 is 1.97 bits per heavy atom. The molecule has 0 aliphatic heterocycles. The summed E-state index contributed by atoms with van der Waals surface area (Å²) < 4.78 is 25.4. The number of hydrogen-bond donors (Lipinski definition) is 0. The number of aromatic nitrogens is 1. The fraction of sp³-hybridized carbons (Fsp3) is 0.231. The average Bonchev–Trinajstić information content (AvgIpc) is 3.24. The molecule has 4 aromatic rings. The molecule has 0 saturated carbocycles. The van der Waals surface area contributed by atoms with Gasteiger partial charge in [0.2, 0.25) is 5.91 Å². The fourth-order valence-electron chi connectivity index (χ4n) is 3.85. The van der Waals surface area contributed by atoms with E-state index in [1.54, 1.807) is 17.0 Å². The number of rotatable bonds is 8. The molecular formula is C26H28ClN3O3S2. The van der Waals surface area contributed by atoms with Gasteiger partial charge in [0.05, 0.1) is 15.5 Å². The van der Waals surface area contributed by atoms with E-state index in [1.165, 1.54) is 17.6 Å². The minimum atomic E-state index is -3.46. The van der Waals surface area contributed by atoms with E-state index in [-0.39, 0.29) is 23.2 Å². The second kappa shape index (κ2) is 11.3. The first-order chi connectivity index (χ1) is 16.3. The standard InChI is InChI=1S/C26H27N3O3S2.ClH/c1-28(2)17-18-29(26-27-24-21(33-26)15-10-16-22(24)34(3,31)32)25(30)23(19-11-6-4-7-12-19)20-13-8-5-9-14-20;/h4-16,23H,17-18H2,1-3H3;1H. The van der Waals surface area contributed by atoms with Gasteiger partial charge in [-0.25, -0.2) is 13.4 Å². The largest absolute Gasteiger partial charge is 0.308 e. The molecular weight excluding hydrogens is 502 g/mol. The van der Waals surface area contributed by atoms with Crippen LogP contribution in [0.3, 0.4) is 0 Å². The van der Waals surface area contributed by atoms with Crippen molar-refractivity contribution in [3.8, 4) is 0 Å². The topological polar surface area (TPSA) is 70.6 Å². The van der Waals surface area contributed by atoms with Gasteiger partial charge in [-0.05, 0) is 37.4 Å². The van der Waals surface area contributed by atoms with Gasteiger partial charge in [-0.3, -0.25) is 9.69 Å². The van der Waals surface area contributed by atoms with Gasteiger partial charge in [0, 0.05) is 19.3 Å². The molecule has 0 saturated heterocycles. The number of halogens is 1. The second-order valence-electron chi connectivity index (χ2n) is 8.42. The maximum absolute atomic E-state index is 14.2. The van der Waals surface area contributed by atoms with Crippen LogP contribution in [0, 0.1) is 0 Å². The monoisotopic (exact) mass is 529 g/mol. The van der Waals surface area contributed by atoms with Crippen molar-refractivity contribution < 1.29 is 13.2 Å². The van der Waals surface area contributed by atoms with Crippen molar-refractivity contribution in [3.63, 3.8) is 0 Å². The van der Waals surface area contributed by atoms with E-state index in [1.807, 2.05) is 85.7 Å². The third kappa shape index (κ3) is 6.08. The Morgan fingerprint density at radius 1 is 0.886 bits per heavy atom. The summed E-state index contributed by atoms with van der Waals surface area (Å²) in [5.74, 6) is -0.606. The molecule has 0 bridgehead atoms. The molecule has 1 amide bonds. The highest BCUT2D eigenvalue weighted by Crippen LogP contribution is 2.35. The number of carbonyl (C=O) groups is 1. The van der Waals surface area contributed by atoms with Gasteiger partial charge in [-0.2, -0.15) is 0 Å². The Balaban J connectivity index is 0.00000342. The molecule has 4 rings (SSSR count). The number of likely N-dealkylation sites (N-methyl/N-ethyl adjacent to an activating group) is 1. The van der Waals surface area contributed by atoms with Crippen LogP contribution in [-0.4, -0.2) is 57.6 Å². The molecule has 0 radical (unpaired) electrons. The number of fused-ring (bicyclic) bond motifs is 1. The number of thiazole rings is 1. The van der Waals surface area contributed by atoms with Crippen LogP contribution in [0.15, 0.2) is 83.8 Å². The number of amides is 1. The molecule has 0 N–H and O–H groups in total. The van der Waals surface area contributed by atoms with Crippen LogP contribution in [0.2, 0.25) is 0 Å². The van der Waals surface area contributed by atoms with Gasteiger partial charge >= 0.3 is 0 Å². The lowest BCUT2D eigenvalue weighted by atomic mass is 9.90. The highest BCUT2D eigenvalue weighted by molar-refractivity contribution is 7.91. The zero-order chi connectivity index (χ0) is 24.3. The molecule has 0 spiro atoms. The molecule has 9 heteroatoms. The van der Waals surface area contributed by atoms with Crippen molar-refractivity contribution in [2.45, 2.75) is 10.8 Å². The van der Waals surface area contributed by atoms with Crippen molar-refractivity contribution >= 4 is 54.8 Å². The Labute approximate surface area is 216 Å². The number of hydrogen-bond acceptors (Lipinski definition) is 6. The summed E-state index contributed by atoms with van der Waals surface area (Å²) in [6.45, 7) is 1.06. The summed E-state index contributed by atoms with van der Waals surface area (Å²) in [7, 11) is 0.448. The maximum atomic E-state index is 14.2. The van der Waals surface area contributed by atoms with Gasteiger partial charge in [0.25, 0.3) is 0 Å². The van der Waals surface area contributed by atoms with E-state index in [0.29, 0.717) is 23.7 Å². The van der Waals surface area contributed by atoms with Crippen molar-refractivity contribution in [3.05, 3.63) is 90.0 Å². The quantitative estimate of drug-likeness (QED) is 0.326. The van der Waals surface area contributed by atoms with Crippen molar-refractivity contribution in [1.29, 1.82) is 0 Å². The normalized spacial score (nSPS) is 11.6. The summed E-state index contributed by atoms with van der Waals surface area (Å²) in [5.41, 5.74) is 2.20. The molecule has 0 atom stereocenters. The molecule has 1 aromatic heterocycles. The Bertz CT molecular complexity index is 1350. The summed E-state index contributed by atoms with van der Waals surface area (Å²) in [6, 6.07) is 24.5. The Kier molecular flexibility index (Phi) is 8.66. The van der Waals surface area contributed by atoms with Crippen LogP contribution in [0.25, 0.3) is 10.2 Å². The molecule has 35 heavy (non-hydrogen) atoms. The first kappa shape index (κ1) is 26.8. The molecule has 1 heterocycles. The van der Waals surface area contributed by atoms with Crippen LogP contribution in [-0.2, 0) is 14.6 Å². The summed E-state index contributed by atoms with van der Waals surface area (Å²) in [4.78, 5) is 22.7. The summed E-state index contributed by atoms with van der Waals surface area (Å²) in [6.07, 6.45) is 1.18. The van der Waals surface area contributed by atoms with E-state index < -0.39 is 15.8 Å². The average molecular weight is 530 g/mol. The summed E-state index contributed by atoms with van der Waals surface area (Å²) >= 11 is 1.33. The number of benzene rings is 3. The molecule has 0 aliphatic carbocycles. The first-order valence-corrected chi connectivity index (χ1v) is 13.6. The predicted octanol–water partition coefficient (Wildman–Crippen LogP) is 4.85. The predicted molar refractivity (Wildman–Crippen MR) is 146 cm³/mol. The molecule has 3 aromatic carbocycles. The number of para-hydroxylation sites is 1.